The number of ether oxygens (including phenoxy) is 2. The molecule has 0 radical (unpaired) electrons. The van der Waals surface area contributed by atoms with Crippen molar-refractivity contribution in [2.75, 3.05) is 44.7 Å². The molecule has 1 saturated heterocycles. The number of carbonyl (C=O) groups excluding carboxylic acids is 1. The summed E-state index contributed by atoms with van der Waals surface area (Å²) in [5, 5.41) is 6.55. The van der Waals surface area contributed by atoms with Gasteiger partial charge in [-0.15, -0.1) is 13.2 Å². The predicted molar refractivity (Wildman–Crippen MR) is 135 cm³/mol. The lowest BCUT2D eigenvalue weighted by Crippen LogP contribution is -2.38. The lowest BCUT2D eigenvalue weighted by Gasteiger charge is -2.26. The number of anilines is 2. The molecule has 2 aromatic carbocycles. The third-order valence-corrected chi connectivity index (χ3v) is 6.93. The van der Waals surface area contributed by atoms with E-state index >= 15 is 0 Å². The van der Waals surface area contributed by atoms with E-state index in [1.165, 1.54) is 29.5 Å². The predicted octanol–water partition coefficient (Wildman–Crippen LogP) is 4.28. The molecule has 1 fully saturated rings. The quantitative estimate of drug-likeness (QED) is 0.326. The Labute approximate surface area is 214 Å². The van der Waals surface area contributed by atoms with E-state index in [4.69, 9.17) is 4.74 Å². The smallest absolute Gasteiger partial charge is 0.406 e. The Kier molecular flexibility index (Phi) is 7.17. The second-order valence-electron chi connectivity index (χ2n) is 8.58. The van der Waals surface area contributed by atoms with Crippen LogP contribution < -0.4 is 15.4 Å². The zero-order valence-corrected chi connectivity index (χ0v) is 20.8. The Balaban J connectivity index is 1.24. The fourth-order valence-corrected chi connectivity index (χ4v) is 5.02. The molecule has 1 aliphatic rings. The molecule has 0 bridgehead atoms. The zero-order chi connectivity index (χ0) is 26.0. The van der Waals surface area contributed by atoms with Crippen molar-refractivity contribution in [3.63, 3.8) is 0 Å². The van der Waals surface area contributed by atoms with E-state index in [-0.39, 0.29) is 11.7 Å². The van der Waals surface area contributed by atoms with Crippen LogP contribution in [0.5, 0.6) is 5.75 Å². The van der Waals surface area contributed by atoms with Gasteiger partial charge in [0.2, 0.25) is 5.95 Å². The van der Waals surface area contributed by atoms with Crippen LogP contribution in [0.15, 0.2) is 36.4 Å². The van der Waals surface area contributed by atoms with E-state index in [9.17, 15) is 18.0 Å². The van der Waals surface area contributed by atoms with Crippen LogP contribution in [0.4, 0.5) is 24.3 Å². The fraction of sp³-hybridized carbons (Fsp3) is 0.375. The van der Waals surface area contributed by atoms with Crippen molar-refractivity contribution in [2.24, 2.45) is 7.05 Å². The number of imidazole rings is 1. The monoisotopic (exact) mass is 534 g/mol. The summed E-state index contributed by atoms with van der Waals surface area (Å²) in [6.45, 7) is 4.85. The van der Waals surface area contributed by atoms with Gasteiger partial charge in [-0.1, -0.05) is 11.3 Å². The van der Waals surface area contributed by atoms with Gasteiger partial charge in [0.05, 0.1) is 34.5 Å². The molecule has 4 aromatic rings. The minimum Gasteiger partial charge on any atom is -0.406 e. The largest absolute Gasteiger partial charge is 0.573 e. The zero-order valence-electron chi connectivity index (χ0n) is 20.0. The molecule has 13 heteroatoms. The van der Waals surface area contributed by atoms with Crippen LogP contribution >= 0.6 is 11.3 Å². The maximum Gasteiger partial charge on any atom is 0.573 e. The fourth-order valence-electron chi connectivity index (χ4n) is 4.14. The Morgan fingerprint density at radius 1 is 1.14 bits per heavy atom. The van der Waals surface area contributed by atoms with Crippen LogP contribution in [0.1, 0.15) is 16.8 Å². The highest BCUT2D eigenvalue weighted by Gasteiger charge is 2.31. The van der Waals surface area contributed by atoms with E-state index in [0.717, 1.165) is 44.8 Å². The van der Waals surface area contributed by atoms with Gasteiger partial charge < -0.3 is 24.7 Å². The summed E-state index contributed by atoms with van der Waals surface area (Å²) in [6, 6.07) is 9.31. The maximum absolute atomic E-state index is 12.7. The summed E-state index contributed by atoms with van der Waals surface area (Å²) in [5.74, 6) is 0.0285. The van der Waals surface area contributed by atoms with Gasteiger partial charge in [0.15, 0.2) is 5.13 Å². The number of fused-ring (bicyclic) bond motifs is 2. The lowest BCUT2D eigenvalue weighted by atomic mass is 10.2. The molecule has 0 aliphatic carbocycles. The normalized spacial score (nSPS) is 14.8. The Hall–Kier alpha value is -3.42. The van der Waals surface area contributed by atoms with Crippen molar-refractivity contribution in [3.05, 3.63) is 42.0 Å². The van der Waals surface area contributed by atoms with Gasteiger partial charge in [-0.05, 0) is 43.3 Å². The minimum atomic E-state index is -4.76. The first-order valence-corrected chi connectivity index (χ1v) is 12.5. The number of rotatable bonds is 8. The summed E-state index contributed by atoms with van der Waals surface area (Å²) in [6.07, 6.45) is -3.90. The molecule has 0 unspecified atom stereocenters. The molecule has 9 nitrogen and oxygen atoms in total. The minimum absolute atomic E-state index is 0.160. The summed E-state index contributed by atoms with van der Waals surface area (Å²) >= 11 is 1.18. The number of nitrogens with one attached hydrogen (secondary N) is 2. The Morgan fingerprint density at radius 2 is 1.95 bits per heavy atom. The first-order valence-electron chi connectivity index (χ1n) is 11.7. The third kappa shape index (κ3) is 6.12. The van der Waals surface area contributed by atoms with E-state index in [2.05, 4.69) is 30.2 Å². The van der Waals surface area contributed by atoms with Gasteiger partial charge in [-0.3, -0.25) is 9.69 Å². The van der Waals surface area contributed by atoms with Crippen LogP contribution in [-0.2, 0) is 11.8 Å². The molecule has 2 aromatic heterocycles. The van der Waals surface area contributed by atoms with Crippen molar-refractivity contribution in [1.29, 1.82) is 0 Å². The Bertz CT molecular complexity index is 1410. The highest BCUT2D eigenvalue weighted by Crippen LogP contribution is 2.33. The molecular formula is C24H25F3N6O3S. The van der Waals surface area contributed by atoms with E-state index < -0.39 is 6.36 Å². The van der Waals surface area contributed by atoms with Gasteiger partial charge in [0, 0.05) is 38.3 Å². The molecule has 2 N–H and O–H groups in total. The van der Waals surface area contributed by atoms with E-state index in [1.54, 1.807) is 12.1 Å². The highest BCUT2D eigenvalue weighted by molar-refractivity contribution is 7.22. The first-order chi connectivity index (χ1) is 17.7. The second kappa shape index (κ2) is 10.5. The number of hydrogen-bond donors (Lipinski definition) is 2. The highest BCUT2D eigenvalue weighted by atomic mass is 32.1. The number of carbonyl (C=O) groups is 1. The molecular weight excluding hydrogens is 509 g/mol. The average molecular weight is 535 g/mol. The van der Waals surface area contributed by atoms with Crippen molar-refractivity contribution in [2.45, 2.75) is 12.8 Å². The van der Waals surface area contributed by atoms with Crippen molar-refractivity contribution >= 4 is 49.6 Å². The number of aromatic nitrogens is 3. The number of hydrogen-bond acceptors (Lipinski definition) is 8. The summed E-state index contributed by atoms with van der Waals surface area (Å²) in [7, 11) is 1.83. The molecule has 0 atom stereocenters. The molecule has 0 spiro atoms. The summed E-state index contributed by atoms with van der Waals surface area (Å²) in [5.41, 5.74) is 2.50. The summed E-state index contributed by atoms with van der Waals surface area (Å²) in [4.78, 5) is 24.0. The van der Waals surface area contributed by atoms with Gasteiger partial charge in [0.1, 0.15) is 5.75 Å². The topological polar surface area (TPSA) is 93.5 Å². The van der Waals surface area contributed by atoms with Crippen molar-refractivity contribution in [3.8, 4) is 5.75 Å². The SMILES string of the molecule is Cn1c(Nc2nc3ccc(OC(F)(F)F)cc3s2)nc2cc(C(=O)NCCCN3CCOCC3)ccc21. The van der Waals surface area contributed by atoms with Crippen LogP contribution in [0.3, 0.4) is 0 Å². The maximum atomic E-state index is 12.7. The van der Waals surface area contributed by atoms with E-state index in [0.29, 0.717) is 38.9 Å². The van der Waals surface area contributed by atoms with Crippen LogP contribution in [-0.4, -0.2) is 71.1 Å². The number of thiazole rings is 1. The van der Waals surface area contributed by atoms with Crippen molar-refractivity contribution < 1.29 is 27.4 Å². The molecule has 1 amide bonds. The van der Waals surface area contributed by atoms with Crippen LogP contribution in [0.2, 0.25) is 0 Å². The number of benzene rings is 2. The molecule has 37 heavy (non-hydrogen) atoms. The van der Waals surface area contributed by atoms with Gasteiger partial charge in [-0.25, -0.2) is 9.97 Å². The molecule has 0 saturated carbocycles. The number of aryl methyl sites for hydroxylation is 1. The van der Waals surface area contributed by atoms with E-state index in [1.807, 2.05) is 17.7 Å². The van der Waals surface area contributed by atoms with Gasteiger partial charge in [-0.2, -0.15) is 0 Å². The summed E-state index contributed by atoms with van der Waals surface area (Å²) < 4.78 is 49.2. The Morgan fingerprint density at radius 3 is 2.73 bits per heavy atom. The number of alkyl halides is 3. The number of nitrogens with zero attached hydrogens (tertiary/aromatic N) is 4. The number of halogens is 3. The number of morpholine rings is 1. The standard InChI is InChI=1S/C24H25F3N6O3S/c1-32-19-6-3-15(21(34)28-7-2-8-33-9-11-35-12-10-33)13-18(19)29-22(32)31-23-30-17-5-4-16(14-20(17)37-23)36-24(25,26)27/h3-6,13-14H,2,7-12H2,1H3,(H,28,34)(H,29,30,31). The van der Waals surface area contributed by atoms with Crippen LogP contribution in [0.25, 0.3) is 21.3 Å². The molecule has 1 aliphatic heterocycles. The van der Waals surface area contributed by atoms with Gasteiger partial charge >= 0.3 is 6.36 Å². The van der Waals surface area contributed by atoms with Gasteiger partial charge in [0.25, 0.3) is 5.91 Å². The average Bonchev–Trinajstić information content (AvgIpc) is 3.40. The third-order valence-electron chi connectivity index (χ3n) is 6.00. The molecule has 196 valence electrons. The lowest BCUT2D eigenvalue weighted by molar-refractivity contribution is -0.274. The van der Waals surface area contributed by atoms with Crippen LogP contribution in [0, 0.1) is 0 Å². The molecule has 3 heterocycles. The first kappa shape index (κ1) is 25.2. The molecule has 5 rings (SSSR count). The number of amides is 1. The second-order valence-corrected chi connectivity index (χ2v) is 9.61. The van der Waals surface area contributed by atoms with Crippen molar-refractivity contribution in [1.82, 2.24) is 24.8 Å².